The summed E-state index contributed by atoms with van der Waals surface area (Å²) in [5.41, 5.74) is 1.57. The van der Waals surface area contributed by atoms with Crippen LogP contribution in [0.2, 0.25) is 0 Å². The van der Waals surface area contributed by atoms with Crippen molar-refractivity contribution in [3.8, 4) is 0 Å². The van der Waals surface area contributed by atoms with Gasteiger partial charge in [0, 0.05) is 19.3 Å². The zero-order valence-electron chi connectivity index (χ0n) is 16.0. The van der Waals surface area contributed by atoms with E-state index in [0.717, 1.165) is 19.3 Å². The number of rotatable bonds is 6. The Balaban J connectivity index is 1.47. The first kappa shape index (κ1) is 20.3. The third-order valence-corrected chi connectivity index (χ3v) is 6.05. The first-order chi connectivity index (χ1) is 13.5. The highest BCUT2D eigenvalue weighted by Gasteiger charge is 2.24. The molecule has 1 aliphatic heterocycles. The Morgan fingerprint density at radius 2 is 1.68 bits per heavy atom. The van der Waals surface area contributed by atoms with Crippen LogP contribution in [-0.2, 0) is 26.8 Å². The van der Waals surface area contributed by atoms with Gasteiger partial charge < -0.3 is 9.64 Å². The molecule has 3 rings (SSSR count). The third-order valence-electron chi connectivity index (χ3n) is 5.08. The number of carbonyl (C=O) groups excluding carboxylic acids is 2. The lowest BCUT2D eigenvalue weighted by molar-refractivity contribution is -0.135. The van der Waals surface area contributed by atoms with Gasteiger partial charge in [-0.1, -0.05) is 42.5 Å². The van der Waals surface area contributed by atoms with Crippen LogP contribution in [0.1, 0.15) is 28.8 Å². The zero-order valence-corrected chi connectivity index (χ0v) is 16.8. The van der Waals surface area contributed by atoms with Gasteiger partial charge in [-0.15, -0.1) is 0 Å². The lowest BCUT2D eigenvalue weighted by Crippen LogP contribution is -2.41. The normalized spacial score (nSPS) is 15.8. The quantitative estimate of drug-likeness (QED) is 0.701. The van der Waals surface area contributed by atoms with Crippen molar-refractivity contribution in [3.63, 3.8) is 0 Å². The molecule has 0 aromatic heterocycles. The molecule has 1 fully saturated rings. The molecule has 1 amide bonds. The van der Waals surface area contributed by atoms with E-state index < -0.39 is 16.8 Å². The number of hydrogen-bond acceptors (Lipinski definition) is 4. The van der Waals surface area contributed by atoms with Gasteiger partial charge in [0.1, 0.15) is 0 Å². The number of piperidine rings is 1. The Morgan fingerprint density at radius 3 is 2.36 bits per heavy atom. The minimum atomic E-state index is -1.30. The second kappa shape index (κ2) is 9.64. The molecule has 6 heteroatoms. The summed E-state index contributed by atoms with van der Waals surface area (Å²) in [5, 5.41) is 0. The van der Waals surface area contributed by atoms with Gasteiger partial charge in [0.15, 0.2) is 6.61 Å². The van der Waals surface area contributed by atoms with E-state index in [4.69, 9.17) is 4.74 Å². The smallest absolute Gasteiger partial charge is 0.339 e. The summed E-state index contributed by atoms with van der Waals surface area (Å²) in [4.78, 5) is 26.9. The van der Waals surface area contributed by atoms with Crippen molar-refractivity contribution in [2.24, 2.45) is 5.92 Å². The Bertz CT molecular complexity index is 845. The Labute approximate surface area is 168 Å². The van der Waals surface area contributed by atoms with E-state index in [2.05, 4.69) is 24.3 Å². The first-order valence-electron chi connectivity index (χ1n) is 9.46. The standard InChI is InChI=1S/C22H25NO4S/c1-28(26)20-10-6-5-9-19(20)22(25)27-16-21(24)23-13-11-18(12-14-23)15-17-7-3-2-4-8-17/h2-10,18H,11-16H2,1H3/t28-/m0/s1. The molecule has 0 bridgehead atoms. The largest absolute Gasteiger partial charge is 0.452 e. The summed E-state index contributed by atoms with van der Waals surface area (Å²) in [6.45, 7) is 1.08. The minimum Gasteiger partial charge on any atom is -0.452 e. The fraction of sp³-hybridized carbons (Fsp3) is 0.364. The molecule has 0 unspecified atom stereocenters. The van der Waals surface area contributed by atoms with E-state index in [1.54, 1.807) is 29.2 Å². The van der Waals surface area contributed by atoms with Crippen LogP contribution < -0.4 is 0 Å². The van der Waals surface area contributed by atoms with Crippen LogP contribution >= 0.6 is 0 Å². The Morgan fingerprint density at radius 1 is 1.04 bits per heavy atom. The fourth-order valence-electron chi connectivity index (χ4n) is 3.52. The number of esters is 1. The van der Waals surface area contributed by atoms with Crippen LogP contribution in [0.3, 0.4) is 0 Å². The molecule has 2 aromatic rings. The summed E-state index contributed by atoms with van der Waals surface area (Å²) in [7, 11) is -1.30. The van der Waals surface area contributed by atoms with E-state index in [1.165, 1.54) is 11.8 Å². The Hall–Kier alpha value is -2.47. The molecule has 0 aliphatic carbocycles. The van der Waals surface area contributed by atoms with Gasteiger partial charge in [0.25, 0.3) is 5.91 Å². The van der Waals surface area contributed by atoms with E-state index >= 15 is 0 Å². The predicted octanol–water partition coefficient (Wildman–Crippen LogP) is 3.06. The van der Waals surface area contributed by atoms with Crippen molar-refractivity contribution < 1.29 is 18.5 Å². The third kappa shape index (κ3) is 5.29. The second-order valence-corrected chi connectivity index (χ2v) is 8.39. The van der Waals surface area contributed by atoms with Crippen molar-refractivity contribution in [1.82, 2.24) is 4.90 Å². The van der Waals surface area contributed by atoms with Crippen molar-refractivity contribution in [2.45, 2.75) is 24.2 Å². The van der Waals surface area contributed by atoms with Gasteiger partial charge in [-0.3, -0.25) is 9.00 Å². The molecule has 1 aliphatic rings. The zero-order chi connectivity index (χ0) is 19.9. The molecule has 0 N–H and O–H groups in total. The van der Waals surface area contributed by atoms with Crippen LogP contribution in [-0.4, -0.2) is 46.9 Å². The minimum absolute atomic E-state index is 0.179. The topological polar surface area (TPSA) is 63.7 Å². The van der Waals surface area contributed by atoms with Crippen LogP contribution in [0.4, 0.5) is 0 Å². The highest BCUT2D eigenvalue weighted by molar-refractivity contribution is 7.84. The maximum Gasteiger partial charge on any atom is 0.339 e. The summed E-state index contributed by atoms with van der Waals surface area (Å²) in [5.74, 6) is -0.222. The number of hydrogen-bond donors (Lipinski definition) is 0. The average molecular weight is 400 g/mol. The fourth-order valence-corrected chi connectivity index (χ4v) is 4.25. The van der Waals surface area contributed by atoms with Gasteiger partial charge in [-0.2, -0.15) is 0 Å². The number of amides is 1. The van der Waals surface area contributed by atoms with Crippen molar-refractivity contribution in [1.29, 1.82) is 0 Å². The molecule has 2 aromatic carbocycles. The number of benzene rings is 2. The number of carbonyl (C=O) groups is 2. The van der Waals surface area contributed by atoms with Gasteiger partial charge in [0.2, 0.25) is 0 Å². The highest BCUT2D eigenvalue weighted by Crippen LogP contribution is 2.22. The van der Waals surface area contributed by atoms with Crippen molar-refractivity contribution in [2.75, 3.05) is 26.0 Å². The summed E-state index contributed by atoms with van der Waals surface area (Å²) in [6, 6.07) is 17.0. The van der Waals surface area contributed by atoms with Crippen LogP contribution in [0.5, 0.6) is 0 Å². The maximum atomic E-state index is 12.4. The van der Waals surface area contributed by atoms with Crippen molar-refractivity contribution >= 4 is 22.7 Å². The second-order valence-electron chi connectivity index (χ2n) is 7.04. The number of likely N-dealkylation sites (tertiary alicyclic amines) is 1. The molecular formula is C22H25NO4S. The number of nitrogens with zero attached hydrogens (tertiary/aromatic N) is 1. The average Bonchev–Trinajstić information content (AvgIpc) is 2.73. The van der Waals surface area contributed by atoms with E-state index in [9.17, 15) is 13.8 Å². The van der Waals surface area contributed by atoms with Gasteiger partial charge in [-0.05, 0) is 42.9 Å². The number of ether oxygens (including phenoxy) is 1. The molecule has 0 radical (unpaired) electrons. The Kier molecular flexibility index (Phi) is 6.98. The predicted molar refractivity (Wildman–Crippen MR) is 109 cm³/mol. The van der Waals surface area contributed by atoms with Crippen molar-refractivity contribution in [3.05, 3.63) is 65.7 Å². The van der Waals surface area contributed by atoms with Gasteiger partial charge in [0.05, 0.1) is 21.3 Å². The van der Waals surface area contributed by atoms with E-state index in [0.29, 0.717) is 23.9 Å². The molecule has 0 spiro atoms. The van der Waals surface area contributed by atoms with Crippen LogP contribution in [0, 0.1) is 5.92 Å². The monoisotopic (exact) mass is 399 g/mol. The van der Waals surface area contributed by atoms with Crippen LogP contribution in [0.15, 0.2) is 59.5 Å². The lowest BCUT2D eigenvalue weighted by Gasteiger charge is -2.32. The molecular weight excluding hydrogens is 374 g/mol. The highest BCUT2D eigenvalue weighted by atomic mass is 32.2. The van der Waals surface area contributed by atoms with E-state index in [1.807, 2.05) is 6.07 Å². The molecule has 5 nitrogen and oxygen atoms in total. The molecule has 28 heavy (non-hydrogen) atoms. The van der Waals surface area contributed by atoms with Gasteiger partial charge in [-0.25, -0.2) is 4.79 Å². The van der Waals surface area contributed by atoms with Gasteiger partial charge >= 0.3 is 5.97 Å². The first-order valence-corrected chi connectivity index (χ1v) is 11.0. The summed E-state index contributed by atoms with van der Waals surface area (Å²) < 4.78 is 16.9. The molecule has 148 valence electrons. The van der Waals surface area contributed by atoms with E-state index in [-0.39, 0.29) is 18.1 Å². The SMILES string of the molecule is C[S@](=O)c1ccccc1C(=O)OCC(=O)N1CCC(Cc2ccccc2)CC1. The maximum absolute atomic E-state index is 12.4. The summed E-state index contributed by atoms with van der Waals surface area (Å²) >= 11 is 0. The summed E-state index contributed by atoms with van der Waals surface area (Å²) in [6.07, 6.45) is 4.44. The molecule has 1 saturated heterocycles. The molecule has 1 heterocycles. The lowest BCUT2D eigenvalue weighted by atomic mass is 9.90. The molecule has 1 atom stereocenters. The van der Waals surface area contributed by atoms with Crippen LogP contribution in [0.25, 0.3) is 0 Å². The molecule has 0 saturated carbocycles.